The van der Waals surface area contributed by atoms with E-state index >= 15 is 0 Å². The molecule has 4 rings (SSSR count). The van der Waals surface area contributed by atoms with E-state index in [0.29, 0.717) is 12.5 Å². The number of hydrogen-bond donors (Lipinski definition) is 1. The van der Waals surface area contributed by atoms with Crippen LogP contribution in [0, 0.1) is 0 Å². The number of fused-ring (bicyclic) bond motifs is 1. The number of anilines is 1. The summed E-state index contributed by atoms with van der Waals surface area (Å²) in [6.45, 7) is 6.98. The second kappa shape index (κ2) is 9.17. The SMILES string of the molecule is CC(C)c1ccc(CCNC(=O)c2ccc(CN3CCc4ccccc43)cc2)cc1. The highest BCUT2D eigenvalue weighted by atomic mass is 16.1. The van der Waals surface area contributed by atoms with Gasteiger partial charge in [-0.3, -0.25) is 4.79 Å². The Morgan fingerprint density at radius 1 is 0.933 bits per heavy atom. The Hall–Kier alpha value is -3.07. The molecule has 0 saturated carbocycles. The van der Waals surface area contributed by atoms with Crippen LogP contribution in [0.2, 0.25) is 0 Å². The van der Waals surface area contributed by atoms with Crippen LogP contribution in [0.4, 0.5) is 5.69 Å². The number of benzene rings is 3. The predicted octanol–water partition coefficient (Wildman–Crippen LogP) is 5.35. The van der Waals surface area contributed by atoms with Crippen LogP contribution in [0.25, 0.3) is 0 Å². The van der Waals surface area contributed by atoms with Crippen molar-refractivity contribution in [3.8, 4) is 0 Å². The zero-order valence-corrected chi connectivity index (χ0v) is 17.9. The molecule has 3 nitrogen and oxygen atoms in total. The van der Waals surface area contributed by atoms with Gasteiger partial charge in [0, 0.05) is 30.9 Å². The van der Waals surface area contributed by atoms with Crippen molar-refractivity contribution in [1.29, 1.82) is 0 Å². The molecular weight excluding hydrogens is 368 g/mol. The van der Waals surface area contributed by atoms with Gasteiger partial charge in [0.05, 0.1) is 0 Å². The minimum Gasteiger partial charge on any atom is -0.367 e. The Morgan fingerprint density at radius 2 is 1.63 bits per heavy atom. The summed E-state index contributed by atoms with van der Waals surface area (Å²) in [7, 11) is 0. The standard InChI is InChI=1S/C27H30N2O/c1-20(2)23-11-7-21(8-12-23)15-17-28-27(30)25-13-9-22(10-14-25)19-29-18-16-24-5-3-4-6-26(24)29/h3-14,20H,15-19H2,1-2H3,(H,28,30). The zero-order valence-electron chi connectivity index (χ0n) is 17.9. The van der Waals surface area contributed by atoms with Crippen LogP contribution in [-0.2, 0) is 19.4 Å². The van der Waals surface area contributed by atoms with Gasteiger partial charge in [-0.1, -0.05) is 68.4 Å². The quantitative estimate of drug-likeness (QED) is 0.582. The van der Waals surface area contributed by atoms with E-state index < -0.39 is 0 Å². The minimum absolute atomic E-state index is 0.00753. The van der Waals surface area contributed by atoms with Crippen molar-refractivity contribution in [2.45, 2.75) is 39.2 Å². The van der Waals surface area contributed by atoms with Crippen molar-refractivity contribution in [3.63, 3.8) is 0 Å². The third-order valence-electron chi connectivity index (χ3n) is 5.92. The van der Waals surface area contributed by atoms with Crippen LogP contribution in [0.1, 0.15) is 52.4 Å². The summed E-state index contributed by atoms with van der Waals surface area (Å²) in [5.41, 5.74) is 7.30. The maximum absolute atomic E-state index is 12.5. The number of carbonyl (C=O) groups excluding carboxylic acids is 1. The molecule has 1 aliphatic rings. The monoisotopic (exact) mass is 398 g/mol. The molecule has 1 amide bonds. The number of rotatable bonds is 7. The van der Waals surface area contributed by atoms with E-state index in [9.17, 15) is 4.79 Å². The van der Waals surface area contributed by atoms with E-state index in [1.54, 1.807) is 0 Å². The highest BCUT2D eigenvalue weighted by Crippen LogP contribution is 2.28. The van der Waals surface area contributed by atoms with Crippen LogP contribution in [-0.4, -0.2) is 19.0 Å². The molecule has 0 unspecified atom stereocenters. The molecule has 1 N–H and O–H groups in total. The van der Waals surface area contributed by atoms with Crippen LogP contribution >= 0.6 is 0 Å². The lowest BCUT2D eigenvalue weighted by Gasteiger charge is -2.19. The van der Waals surface area contributed by atoms with Crippen LogP contribution in [0.15, 0.2) is 72.8 Å². The topological polar surface area (TPSA) is 32.3 Å². The Labute approximate surface area is 179 Å². The number of para-hydroxylation sites is 1. The summed E-state index contributed by atoms with van der Waals surface area (Å²) < 4.78 is 0. The molecule has 0 bridgehead atoms. The number of amides is 1. The molecule has 3 aromatic carbocycles. The second-order valence-corrected chi connectivity index (χ2v) is 8.40. The summed E-state index contributed by atoms with van der Waals surface area (Å²) in [5, 5.41) is 3.04. The first-order valence-electron chi connectivity index (χ1n) is 10.9. The molecule has 0 aliphatic carbocycles. The van der Waals surface area contributed by atoms with Crippen molar-refractivity contribution in [2.24, 2.45) is 0 Å². The van der Waals surface area contributed by atoms with Crippen molar-refractivity contribution in [1.82, 2.24) is 5.32 Å². The van der Waals surface area contributed by atoms with Gasteiger partial charge in [0.15, 0.2) is 0 Å². The van der Waals surface area contributed by atoms with Crippen LogP contribution in [0.3, 0.4) is 0 Å². The van der Waals surface area contributed by atoms with E-state index in [1.165, 1.54) is 27.9 Å². The number of nitrogens with one attached hydrogen (secondary N) is 1. The molecule has 3 heteroatoms. The summed E-state index contributed by atoms with van der Waals surface area (Å²) >= 11 is 0. The van der Waals surface area contributed by atoms with Crippen LogP contribution in [0.5, 0.6) is 0 Å². The van der Waals surface area contributed by atoms with Gasteiger partial charge in [-0.25, -0.2) is 0 Å². The maximum atomic E-state index is 12.5. The van der Waals surface area contributed by atoms with Crippen molar-refractivity contribution >= 4 is 11.6 Å². The van der Waals surface area contributed by atoms with Crippen molar-refractivity contribution < 1.29 is 4.79 Å². The van der Waals surface area contributed by atoms with Gasteiger partial charge < -0.3 is 10.2 Å². The first kappa shape index (κ1) is 20.2. The van der Waals surface area contributed by atoms with Gasteiger partial charge >= 0.3 is 0 Å². The molecule has 0 atom stereocenters. The van der Waals surface area contributed by atoms with E-state index in [2.05, 4.69) is 84.7 Å². The normalized spacial score (nSPS) is 12.8. The Bertz CT molecular complexity index is 990. The van der Waals surface area contributed by atoms with Gasteiger partial charge in [0.2, 0.25) is 0 Å². The minimum atomic E-state index is -0.00753. The van der Waals surface area contributed by atoms with Gasteiger partial charge in [0.25, 0.3) is 5.91 Å². The predicted molar refractivity (Wildman–Crippen MR) is 124 cm³/mol. The first-order valence-corrected chi connectivity index (χ1v) is 10.9. The molecular formula is C27H30N2O. The third kappa shape index (κ3) is 4.73. The highest BCUT2D eigenvalue weighted by Gasteiger charge is 2.18. The van der Waals surface area contributed by atoms with Gasteiger partial charge in [-0.15, -0.1) is 0 Å². The largest absolute Gasteiger partial charge is 0.367 e. The van der Waals surface area contributed by atoms with E-state index in [1.807, 2.05) is 12.1 Å². The summed E-state index contributed by atoms with van der Waals surface area (Å²) in [5.74, 6) is 0.536. The molecule has 30 heavy (non-hydrogen) atoms. The molecule has 0 spiro atoms. The molecule has 0 radical (unpaired) electrons. The smallest absolute Gasteiger partial charge is 0.251 e. The fourth-order valence-electron chi connectivity index (χ4n) is 4.04. The molecule has 0 saturated heterocycles. The Morgan fingerprint density at radius 3 is 2.37 bits per heavy atom. The summed E-state index contributed by atoms with van der Waals surface area (Å²) in [6.07, 6.45) is 1.95. The first-order chi connectivity index (χ1) is 14.6. The van der Waals surface area contributed by atoms with E-state index in [-0.39, 0.29) is 5.91 Å². The van der Waals surface area contributed by atoms with Gasteiger partial charge in [0.1, 0.15) is 0 Å². The molecule has 154 valence electrons. The lowest BCUT2D eigenvalue weighted by Crippen LogP contribution is -2.25. The number of nitrogens with zero attached hydrogens (tertiary/aromatic N) is 1. The number of hydrogen-bond acceptors (Lipinski definition) is 2. The lowest BCUT2D eigenvalue weighted by molar-refractivity contribution is 0.0954. The molecule has 0 aromatic heterocycles. The maximum Gasteiger partial charge on any atom is 0.251 e. The summed E-state index contributed by atoms with van der Waals surface area (Å²) in [4.78, 5) is 14.9. The molecule has 3 aromatic rings. The highest BCUT2D eigenvalue weighted by molar-refractivity contribution is 5.94. The number of carbonyl (C=O) groups is 1. The third-order valence-corrected chi connectivity index (χ3v) is 5.92. The molecule has 1 heterocycles. The Kier molecular flexibility index (Phi) is 6.18. The average Bonchev–Trinajstić information content (AvgIpc) is 3.17. The second-order valence-electron chi connectivity index (χ2n) is 8.40. The average molecular weight is 399 g/mol. The van der Waals surface area contributed by atoms with Crippen molar-refractivity contribution in [2.75, 3.05) is 18.0 Å². The van der Waals surface area contributed by atoms with E-state index in [0.717, 1.165) is 31.5 Å². The van der Waals surface area contributed by atoms with Crippen LogP contribution < -0.4 is 10.2 Å². The van der Waals surface area contributed by atoms with Gasteiger partial charge in [-0.2, -0.15) is 0 Å². The molecule has 0 fully saturated rings. The fraction of sp³-hybridized carbons (Fsp3) is 0.296. The Balaban J connectivity index is 1.28. The zero-order chi connectivity index (χ0) is 20.9. The van der Waals surface area contributed by atoms with Crippen molar-refractivity contribution in [3.05, 3.63) is 101 Å². The summed E-state index contributed by atoms with van der Waals surface area (Å²) in [6, 6.07) is 25.3. The van der Waals surface area contributed by atoms with E-state index in [4.69, 9.17) is 0 Å². The fourth-order valence-corrected chi connectivity index (χ4v) is 4.04. The molecule has 1 aliphatic heterocycles. The lowest BCUT2D eigenvalue weighted by atomic mass is 10.0. The van der Waals surface area contributed by atoms with Gasteiger partial charge in [-0.05, 0) is 59.2 Å².